The number of carbonyl (C=O) groups excluding carboxylic acids is 1. The number of amides is 1. The first-order chi connectivity index (χ1) is 8.65. The van der Waals surface area contributed by atoms with Crippen LogP contribution in [-0.4, -0.2) is 18.1 Å². The van der Waals surface area contributed by atoms with Gasteiger partial charge in [0.05, 0.1) is 12.7 Å². The van der Waals surface area contributed by atoms with E-state index in [1.54, 1.807) is 12.1 Å². The molecule has 1 amide bonds. The molecule has 2 rings (SSSR count). The summed E-state index contributed by atoms with van der Waals surface area (Å²) in [5.74, 6) is -0.406. The summed E-state index contributed by atoms with van der Waals surface area (Å²) in [5, 5.41) is 0. The van der Waals surface area contributed by atoms with Crippen LogP contribution in [-0.2, 0) is 11.3 Å². The number of nitrogens with two attached hydrogens (primary N) is 2. The topological polar surface area (TPSA) is 78.3 Å². The Morgan fingerprint density at radius 1 is 1.39 bits per heavy atom. The fourth-order valence-corrected chi connectivity index (χ4v) is 2.36. The van der Waals surface area contributed by atoms with Crippen molar-refractivity contribution in [3.05, 3.63) is 35.4 Å². The van der Waals surface area contributed by atoms with Crippen LogP contribution in [0.1, 0.15) is 41.6 Å². The van der Waals surface area contributed by atoms with Crippen molar-refractivity contribution in [2.45, 2.75) is 44.4 Å². The third kappa shape index (κ3) is 3.55. The summed E-state index contributed by atoms with van der Waals surface area (Å²) in [7, 11) is 0. The van der Waals surface area contributed by atoms with Crippen LogP contribution in [0.3, 0.4) is 0 Å². The second-order valence-electron chi connectivity index (χ2n) is 4.92. The maximum atomic E-state index is 11.1. The highest BCUT2D eigenvalue weighted by molar-refractivity contribution is 5.92. The van der Waals surface area contributed by atoms with Gasteiger partial charge in [-0.2, -0.15) is 0 Å². The molecule has 0 bridgehead atoms. The van der Waals surface area contributed by atoms with Crippen molar-refractivity contribution >= 4 is 5.91 Å². The molecule has 0 aromatic heterocycles. The SMILES string of the molecule is NC(=O)c1cccc(COC2CCCC(N)C2)c1. The molecule has 0 heterocycles. The van der Waals surface area contributed by atoms with Crippen LogP contribution >= 0.6 is 0 Å². The third-order valence-electron chi connectivity index (χ3n) is 3.36. The maximum Gasteiger partial charge on any atom is 0.248 e. The largest absolute Gasteiger partial charge is 0.373 e. The molecule has 1 aliphatic rings. The summed E-state index contributed by atoms with van der Waals surface area (Å²) in [4.78, 5) is 11.1. The quantitative estimate of drug-likeness (QED) is 0.849. The Balaban J connectivity index is 1.89. The Kier molecular flexibility index (Phi) is 4.33. The fourth-order valence-electron chi connectivity index (χ4n) is 2.36. The van der Waals surface area contributed by atoms with E-state index >= 15 is 0 Å². The molecule has 0 spiro atoms. The Bertz CT molecular complexity index is 420. The smallest absolute Gasteiger partial charge is 0.248 e. The van der Waals surface area contributed by atoms with Gasteiger partial charge in [0.25, 0.3) is 0 Å². The molecule has 4 nitrogen and oxygen atoms in total. The minimum atomic E-state index is -0.406. The van der Waals surface area contributed by atoms with E-state index in [0.717, 1.165) is 31.2 Å². The highest BCUT2D eigenvalue weighted by Gasteiger charge is 2.19. The Morgan fingerprint density at radius 2 is 2.22 bits per heavy atom. The van der Waals surface area contributed by atoms with Gasteiger partial charge >= 0.3 is 0 Å². The standard InChI is InChI=1S/C14H20N2O2/c15-12-5-2-6-13(8-12)18-9-10-3-1-4-11(7-10)14(16)17/h1,3-4,7,12-13H,2,5-6,8-9,15H2,(H2,16,17). The second-order valence-corrected chi connectivity index (χ2v) is 4.92. The predicted octanol–water partition coefficient (Wildman–Crippen LogP) is 1.57. The van der Waals surface area contributed by atoms with Gasteiger partial charge in [-0.25, -0.2) is 0 Å². The van der Waals surface area contributed by atoms with Crippen molar-refractivity contribution < 1.29 is 9.53 Å². The molecule has 2 atom stereocenters. The van der Waals surface area contributed by atoms with Crippen LogP contribution in [0.15, 0.2) is 24.3 Å². The molecule has 98 valence electrons. The first kappa shape index (κ1) is 13.1. The van der Waals surface area contributed by atoms with E-state index in [1.165, 1.54) is 0 Å². The molecular formula is C14H20N2O2. The van der Waals surface area contributed by atoms with E-state index in [-0.39, 0.29) is 12.1 Å². The van der Waals surface area contributed by atoms with Crippen molar-refractivity contribution in [3.8, 4) is 0 Å². The summed E-state index contributed by atoms with van der Waals surface area (Å²) < 4.78 is 5.84. The van der Waals surface area contributed by atoms with E-state index in [4.69, 9.17) is 16.2 Å². The lowest BCUT2D eigenvalue weighted by molar-refractivity contribution is 0.0122. The first-order valence-corrected chi connectivity index (χ1v) is 6.41. The minimum Gasteiger partial charge on any atom is -0.373 e. The summed E-state index contributed by atoms with van der Waals surface area (Å²) in [5.41, 5.74) is 12.7. The van der Waals surface area contributed by atoms with Crippen LogP contribution in [0.5, 0.6) is 0 Å². The average Bonchev–Trinajstić information content (AvgIpc) is 2.37. The van der Waals surface area contributed by atoms with Gasteiger partial charge < -0.3 is 16.2 Å². The lowest BCUT2D eigenvalue weighted by Crippen LogP contribution is -2.32. The zero-order chi connectivity index (χ0) is 13.0. The van der Waals surface area contributed by atoms with Gasteiger partial charge in [-0.05, 0) is 43.4 Å². The van der Waals surface area contributed by atoms with Crippen LogP contribution in [0.2, 0.25) is 0 Å². The molecule has 1 saturated carbocycles. The molecule has 1 aromatic rings. The molecule has 1 fully saturated rings. The van der Waals surface area contributed by atoms with E-state index in [9.17, 15) is 4.79 Å². The maximum absolute atomic E-state index is 11.1. The lowest BCUT2D eigenvalue weighted by Gasteiger charge is -2.26. The van der Waals surface area contributed by atoms with Gasteiger partial charge in [0.1, 0.15) is 0 Å². The van der Waals surface area contributed by atoms with Gasteiger partial charge in [0.2, 0.25) is 5.91 Å². The number of ether oxygens (including phenoxy) is 1. The summed E-state index contributed by atoms with van der Waals surface area (Å²) >= 11 is 0. The molecule has 4 N–H and O–H groups in total. The van der Waals surface area contributed by atoms with E-state index in [2.05, 4.69) is 0 Å². The minimum absolute atomic E-state index is 0.242. The number of benzene rings is 1. The Morgan fingerprint density at radius 3 is 2.94 bits per heavy atom. The number of rotatable bonds is 4. The normalized spacial score (nSPS) is 23.8. The van der Waals surface area contributed by atoms with Gasteiger partial charge in [-0.15, -0.1) is 0 Å². The monoisotopic (exact) mass is 248 g/mol. The van der Waals surface area contributed by atoms with Crippen molar-refractivity contribution in [2.75, 3.05) is 0 Å². The van der Waals surface area contributed by atoms with E-state index in [1.807, 2.05) is 12.1 Å². The fraction of sp³-hybridized carbons (Fsp3) is 0.500. The zero-order valence-corrected chi connectivity index (χ0v) is 10.5. The number of primary amides is 1. The van der Waals surface area contributed by atoms with Crippen molar-refractivity contribution in [1.29, 1.82) is 0 Å². The Labute approximate surface area is 107 Å². The molecule has 2 unspecified atom stereocenters. The zero-order valence-electron chi connectivity index (χ0n) is 10.5. The molecule has 4 heteroatoms. The second kappa shape index (κ2) is 5.98. The van der Waals surface area contributed by atoms with Crippen LogP contribution < -0.4 is 11.5 Å². The molecule has 0 radical (unpaired) electrons. The van der Waals surface area contributed by atoms with Gasteiger partial charge in [-0.1, -0.05) is 12.1 Å². The van der Waals surface area contributed by atoms with Crippen molar-refractivity contribution in [2.24, 2.45) is 11.5 Å². The number of hydrogen-bond donors (Lipinski definition) is 2. The molecule has 0 saturated heterocycles. The van der Waals surface area contributed by atoms with Crippen molar-refractivity contribution in [3.63, 3.8) is 0 Å². The first-order valence-electron chi connectivity index (χ1n) is 6.41. The van der Waals surface area contributed by atoms with E-state index < -0.39 is 5.91 Å². The van der Waals surface area contributed by atoms with Crippen molar-refractivity contribution in [1.82, 2.24) is 0 Å². The average molecular weight is 248 g/mol. The Hall–Kier alpha value is -1.39. The van der Waals surface area contributed by atoms with Crippen LogP contribution in [0.25, 0.3) is 0 Å². The molecular weight excluding hydrogens is 228 g/mol. The molecule has 1 aromatic carbocycles. The number of hydrogen-bond acceptors (Lipinski definition) is 3. The number of carbonyl (C=O) groups is 1. The van der Waals surface area contributed by atoms with Crippen LogP contribution in [0, 0.1) is 0 Å². The highest BCUT2D eigenvalue weighted by Crippen LogP contribution is 2.21. The van der Waals surface area contributed by atoms with Gasteiger partial charge in [0.15, 0.2) is 0 Å². The van der Waals surface area contributed by atoms with Crippen LogP contribution in [0.4, 0.5) is 0 Å². The van der Waals surface area contributed by atoms with Gasteiger partial charge in [-0.3, -0.25) is 4.79 Å². The summed E-state index contributed by atoms with van der Waals surface area (Å²) in [6.45, 7) is 0.512. The predicted molar refractivity (Wildman–Crippen MR) is 70.0 cm³/mol. The lowest BCUT2D eigenvalue weighted by atomic mass is 9.93. The molecule has 1 aliphatic carbocycles. The summed E-state index contributed by atoms with van der Waals surface area (Å²) in [6.07, 6.45) is 4.47. The summed E-state index contributed by atoms with van der Waals surface area (Å²) in [6, 6.07) is 7.52. The highest BCUT2D eigenvalue weighted by atomic mass is 16.5. The third-order valence-corrected chi connectivity index (χ3v) is 3.36. The van der Waals surface area contributed by atoms with E-state index in [0.29, 0.717) is 12.2 Å². The van der Waals surface area contributed by atoms with Gasteiger partial charge in [0, 0.05) is 11.6 Å². The molecule has 0 aliphatic heterocycles. The molecule has 18 heavy (non-hydrogen) atoms.